The fraction of sp³-hybridized carbons (Fsp3) is 0.692. The Morgan fingerprint density at radius 3 is 2.72 bits per heavy atom. The van der Waals surface area contributed by atoms with Gasteiger partial charge in [0.1, 0.15) is 6.54 Å². The topological polar surface area (TPSA) is 34.9 Å². The van der Waals surface area contributed by atoms with Crippen molar-refractivity contribution in [2.45, 2.75) is 58.9 Å². The van der Waals surface area contributed by atoms with Crippen molar-refractivity contribution in [3.63, 3.8) is 0 Å². The van der Waals surface area contributed by atoms with Crippen LogP contribution in [0.25, 0.3) is 0 Å². The first-order valence-corrected chi connectivity index (χ1v) is 6.40. The molecule has 1 aromatic heterocycles. The predicted molar refractivity (Wildman–Crippen MR) is 66.1 cm³/mol. The van der Waals surface area contributed by atoms with Crippen LogP contribution in [0.4, 0.5) is 8.78 Å². The molecule has 0 atom stereocenters. The molecule has 0 N–H and O–H groups in total. The summed E-state index contributed by atoms with van der Waals surface area (Å²) in [7, 11) is 0. The lowest BCUT2D eigenvalue weighted by atomic mass is 10.1. The molecule has 0 bridgehead atoms. The molecule has 1 aromatic rings. The minimum atomic E-state index is -2.45. The van der Waals surface area contributed by atoms with Gasteiger partial charge in [-0.05, 0) is 13.3 Å². The third kappa shape index (κ3) is 4.55. The minimum Gasteiger partial charge on any atom is -0.294 e. The van der Waals surface area contributed by atoms with E-state index >= 15 is 0 Å². The van der Waals surface area contributed by atoms with Crippen LogP contribution in [0.2, 0.25) is 0 Å². The molecule has 0 saturated heterocycles. The lowest BCUT2D eigenvalue weighted by molar-refractivity contribution is 0.0977. The zero-order valence-electron chi connectivity index (χ0n) is 11.0. The minimum absolute atomic E-state index is 0.00381. The highest BCUT2D eigenvalue weighted by Gasteiger charge is 2.14. The summed E-state index contributed by atoms with van der Waals surface area (Å²) in [6, 6.07) is 0. The fourth-order valence-electron chi connectivity index (χ4n) is 1.87. The molecule has 0 aliphatic heterocycles. The highest BCUT2D eigenvalue weighted by Crippen LogP contribution is 2.13. The van der Waals surface area contributed by atoms with Gasteiger partial charge >= 0.3 is 0 Å². The number of aromatic nitrogens is 2. The van der Waals surface area contributed by atoms with E-state index in [0.717, 1.165) is 30.4 Å². The average molecular weight is 258 g/mol. The molecule has 0 aromatic carbocycles. The number of unbranched alkanes of at least 4 members (excludes halogenated alkanes) is 3. The smallest absolute Gasteiger partial charge is 0.257 e. The molecule has 0 unspecified atom stereocenters. The third-order valence-corrected chi connectivity index (χ3v) is 2.83. The van der Waals surface area contributed by atoms with Crippen LogP contribution >= 0.6 is 0 Å². The number of carbonyl (C=O) groups excluding carboxylic acids is 1. The highest BCUT2D eigenvalue weighted by atomic mass is 19.3. The second-order valence-corrected chi connectivity index (χ2v) is 4.48. The second kappa shape index (κ2) is 7.24. The molecule has 0 radical (unpaired) electrons. The van der Waals surface area contributed by atoms with Gasteiger partial charge in [0.15, 0.2) is 5.78 Å². The van der Waals surface area contributed by atoms with E-state index in [2.05, 4.69) is 12.0 Å². The molecule has 0 saturated carbocycles. The average Bonchev–Trinajstić information content (AvgIpc) is 2.64. The van der Waals surface area contributed by atoms with Crippen LogP contribution in [-0.4, -0.2) is 22.0 Å². The van der Waals surface area contributed by atoms with Crippen molar-refractivity contribution in [3.8, 4) is 0 Å². The van der Waals surface area contributed by atoms with Crippen molar-refractivity contribution in [1.29, 1.82) is 0 Å². The molecule has 102 valence electrons. The number of halogens is 2. The highest BCUT2D eigenvalue weighted by molar-refractivity contribution is 5.96. The molecular formula is C13H20F2N2O. The van der Waals surface area contributed by atoms with Crippen molar-refractivity contribution in [2.24, 2.45) is 0 Å². The van der Waals surface area contributed by atoms with Crippen molar-refractivity contribution in [1.82, 2.24) is 9.78 Å². The van der Waals surface area contributed by atoms with Gasteiger partial charge in [-0.1, -0.05) is 26.2 Å². The molecule has 0 aliphatic rings. The van der Waals surface area contributed by atoms with Crippen molar-refractivity contribution in [2.75, 3.05) is 0 Å². The van der Waals surface area contributed by atoms with E-state index in [4.69, 9.17) is 0 Å². The molecular weight excluding hydrogens is 238 g/mol. The van der Waals surface area contributed by atoms with Gasteiger partial charge in [-0.2, -0.15) is 5.10 Å². The maximum Gasteiger partial charge on any atom is 0.257 e. The summed E-state index contributed by atoms with van der Waals surface area (Å²) >= 11 is 0. The number of carbonyl (C=O) groups is 1. The Morgan fingerprint density at radius 2 is 2.11 bits per heavy atom. The number of rotatable bonds is 8. The molecule has 0 amide bonds. The van der Waals surface area contributed by atoms with E-state index in [1.54, 1.807) is 6.92 Å². The molecule has 5 heteroatoms. The number of hydrogen-bond acceptors (Lipinski definition) is 2. The number of alkyl halides is 2. The Bertz CT molecular complexity index is 388. The lowest BCUT2D eigenvalue weighted by Crippen LogP contribution is -2.06. The Kier molecular flexibility index (Phi) is 5.95. The normalized spacial score (nSPS) is 11.2. The van der Waals surface area contributed by atoms with Crippen molar-refractivity contribution < 1.29 is 13.6 Å². The van der Waals surface area contributed by atoms with E-state index in [1.807, 2.05) is 0 Å². The first-order valence-electron chi connectivity index (χ1n) is 6.40. The molecule has 0 fully saturated rings. The SMILES string of the molecule is CCCCCCC(=O)c1cn(CC(F)F)nc1C. The van der Waals surface area contributed by atoms with E-state index < -0.39 is 13.0 Å². The molecule has 0 aliphatic carbocycles. The first-order chi connectivity index (χ1) is 8.54. The summed E-state index contributed by atoms with van der Waals surface area (Å²) < 4.78 is 25.6. The molecule has 3 nitrogen and oxygen atoms in total. The monoisotopic (exact) mass is 258 g/mol. The summed E-state index contributed by atoms with van der Waals surface area (Å²) in [5.41, 5.74) is 1.02. The van der Waals surface area contributed by atoms with Crippen LogP contribution in [0.3, 0.4) is 0 Å². The standard InChI is InChI=1S/C13H20F2N2O/c1-3-4-5-6-7-12(18)11-8-17(9-13(14)15)16-10(11)2/h8,13H,3-7,9H2,1-2H3. The van der Waals surface area contributed by atoms with Crippen LogP contribution in [0.15, 0.2) is 6.20 Å². The maximum absolute atomic E-state index is 12.2. The van der Waals surface area contributed by atoms with E-state index in [0.29, 0.717) is 17.7 Å². The Morgan fingerprint density at radius 1 is 1.39 bits per heavy atom. The Hall–Kier alpha value is -1.26. The summed E-state index contributed by atoms with van der Waals surface area (Å²) in [4.78, 5) is 11.9. The van der Waals surface area contributed by atoms with Gasteiger partial charge in [0, 0.05) is 12.6 Å². The Balaban J connectivity index is 2.54. The van der Waals surface area contributed by atoms with E-state index in [1.165, 1.54) is 6.20 Å². The molecule has 1 heterocycles. The number of ketones is 1. The third-order valence-electron chi connectivity index (χ3n) is 2.83. The number of hydrogen-bond donors (Lipinski definition) is 0. The molecule has 18 heavy (non-hydrogen) atoms. The second-order valence-electron chi connectivity index (χ2n) is 4.48. The lowest BCUT2D eigenvalue weighted by Gasteiger charge is -1.99. The Labute approximate surface area is 106 Å². The number of Topliss-reactive ketones (excluding diaryl/α,β-unsaturated/α-hetero) is 1. The van der Waals surface area contributed by atoms with Crippen LogP contribution in [0, 0.1) is 6.92 Å². The zero-order valence-corrected chi connectivity index (χ0v) is 11.0. The molecule has 0 spiro atoms. The van der Waals surface area contributed by atoms with Crippen molar-refractivity contribution in [3.05, 3.63) is 17.5 Å². The summed E-state index contributed by atoms with van der Waals surface area (Å²) in [6.45, 7) is 3.34. The number of aryl methyl sites for hydroxylation is 1. The largest absolute Gasteiger partial charge is 0.294 e. The van der Waals surface area contributed by atoms with Crippen molar-refractivity contribution >= 4 is 5.78 Å². The predicted octanol–water partition coefficient (Wildman–Crippen LogP) is 3.61. The van der Waals surface area contributed by atoms with Gasteiger partial charge in [0.2, 0.25) is 0 Å². The van der Waals surface area contributed by atoms with Gasteiger partial charge in [-0.3, -0.25) is 9.48 Å². The van der Waals surface area contributed by atoms with Crippen LogP contribution in [0.5, 0.6) is 0 Å². The van der Waals surface area contributed by atoms with Gasteiger partial charge in [0.05, 0.1) is 11.3 Å². The first kappa shape index (κ1) is 14.8. The maximum atomic E-state index is 12.2. The van der Waals surface area contributed by atoms with E-state index in [-0.39, 0.29) is 5.78 Å². The van der Waals surface area contributed by atoms with Crippen LogP contribution in [0.1, 0.15) is 55.1 Å². The number of nitrogens with zero attached hydrogens (tertiary/aromatic N) is 2. The summed E-state index contributed by atoms with van der Waals surface area (Å²) in [6.07, 6.45) is 3.59. The summed E-state index contributed by atoms with van der Waals surface area (Å²) in [5, 5.41) is 3.93. The molecule has 1 rings (SSSR count). The van der Waals surface area contributed by atoms with E-state index in [9.17, 15) is 13.6 Å². The quantitative estimate of drug-likeness (QED) is 0.527. The zero-order chi connectivity index (χ0) is 13.5. The van der Waals surface area contributed by atoms with Gasteiger partial charge in [-0.25, -0.2) is 8.78 Å². The fourth-order valence-corrected chi connectivity index (χ4v) is 1.87. The van der Waals surface area contributed by atoms with Gasteiger partial charge in [0.25, 0.3) is 6.43 Å². The summed E-state index contributed by atoms with van der Waals surface area (Å²) in [5.74, 6) is 0.00381. The van der Waals surface area contributed by atoms with Crippen LogP contribution in [-0.2, 0) is 6.54 Å². The van der Waals surface area contributed by atoms with Gasteiger partial charge in [-0.15, -0.1) is 0 Å². The van der Waals surface area contributed by atoms with Gasteiger partial charge < -0.3 is 0 Å². The van der Waals surface area contributed by atoms with Crippen LogP contribution < -0.4 is 0 Å².